The number of alkyl halides is 4. The zero-order valence-electron chi connectivity index (χ0n) is 10.5. The standard InChI is InChI=1S/C13H9ClF3N3O/c14-6-12(21)20-11-3-1-2-9(19-11)8-4-5-10(18-7-8)13(15,16)17/h1-5,7H,6H2,(H,19,20,21). The normalized spacial score (nSPS) is 11.2. The minimum atomic E-state index is -4.48. The molecule has 2 rings (SSSR count). The quantitative estimate of drug-likeness (QED) is 0.884. The Kier molecular flexibility index (Phi) is 4.42. The molecule has 2 aromatic heterocycles. The predicted octanol–water partition coefficient (Wildman–Crippen LogP) is 3.34. The van der Waals surface area contributed by atoms with Gasteiger partial charge < -0.3 is 5.32 Å². The molecule has 0 saturated heterocycles. The molecule has 0 aliphatic heterocycles. The first-order chi connectivity index (χ1) is 9.90. The van der Waals surface area contributed by atoms with Gasteiger partial charge in [0.15, 0.2) is 0 Å². The molecule has 0 fully saturated rings. The maximum Gasteiger partial charge on any atom is 0.433 e. The Morgan fingerprint density at radius 1 is 1.24 bits per heavy atom. The van der Waals surface area contributed by atoms with Crippen LogP contribution in [0.2, 0.25) is 0 Å². The molecule has 0 spiro atoms. The number of carbonyl (C=O) groups excluding carboxylic acids is 1. The highest BCUT2D eigenvalue weighted by atomic mass is 35.5. The second kappa shape index (κ2) is 6.09. The summed E-state index contributed by atoms with van der Waals surface area (Å²) in [6.45, 7) is 0. The van der Waals surface area contributed by atoms with Crippen molar-refractivity contribution in [2.45, 2.75) is 6.18 Å². The fourth-order valence-corrected chi connectivity index (χ4v) is 1.62. The Hall–Kier alpha value is -2.15. The van der Waals surface area contributed by atoms with Crippen LogP contribution in [0.1, 0.15) is 5.69 Å². The van der Waals surface area contributed by atoms with Crippen molar-refractivity contribution in [1.29, 1.82) is 0 Å². The predicted molar refractivity (Wildman–Crippen MR) is 71.8 cm³/mol. The molecule has 1 N–H and O–H groups in total. The molecular formula is C13H9ClF3N3O. The molecule has 0 saturated carbocycles. The van der Waals surface area contributed by atoms with Crippen LogP contribution in [0.4, 0.5) is 19.0 Å². The van der Waals surface area contributed by atoms with Gasteiger partial charge in [-0.1, -0.05) is 6.07 Å². The van der Waals surface area contributed by atoms with E-state index >= 15 is 0 Å². The number of anilines is 1. The summed E-state index contributed by atoms with van der Waals surface area (Å²) >= 11 is 5.36. The minimum absolute atomic E-state index is 0.215. The lowest BCUT2D eigenvalue weighted by atomic mass is 10.2. The summed E-state index contributed by atoms with van der Waals surface area (Å²) in [6, 6.07) is 6.91. The summed E-state index contributed by atoms with van der Waals surface area (Å²) < 4.78 is 37.3. The zero-order valence-corrected chi connectivity index (χ0v) is 11.2. The van der Waals surface area contributed by atoms with Crippen molar-refractivity contribution in [1.82, 2.24) is 9.97 Å². The summed E-state index contributed by atoms with van der Waals surface area (Å²) in [5.41, 5.74) is -0.175. The number of hydrogen-bond donors (Lipinski definition) is 1. The number of pyridine rings is 2. The lowest BCUT2D eigenvalue weighted by Gasteiger charge is -2.07. The molecule has 0 aliphatic rings. The molecule has 21 heavy (non-hydrogen) atoms. The topological polar surface area (TPSA) is 54.9 Å². The van der Waals surface area contributed by atoms with Gasteiger partial charge in [0, 0.05) is 11.8 Å². The monoisotopic (exact) mass is 315 g/mol. The van der Waals surface area contributed by atoms with Crippen LogP contribution in [0, 0.1) is 0 Å². The third-order valence-electron chi connectivity index (χ3n) is 2.49. The van der Waals surface area contributed by atoms with Crippen LogP contribution in [-0.4, -0.2) is 21.8 Å². The van der Waals surface area contributed by atoms with Crippen molar-refractivity contribution >= 4 is 23.3 Å². The fraction of sp³-hybridized carbons (Fsp3) is 0.154. The maximum absolute atomic E-state index is 12.4. The number of aromatic nitrogens is 2. The molecule has 0 radical (unpaired) electrons. The molecule has 0 atom stereocenters. The lowest BCUT2D eigenvalue weighted by Crippen LogP contribution is -2.13. The Morgan fingerprint density at radius 3 is 2.57 bits per heavy atom. The average Bonchev–Trinajstić information content (AvgIpc) is 2.46. The van der Waals surface area contributed by atoms with E-state index in [0.717, 1.165) is 12.3 Å². The van der Waals surface area contributed by atoms with Gasteiger partial charge in [0.05, 0.1) is 5.69 Å². The zero-order chi connectivity index (χ0) is 15.5. The van der Waals surface area contributed by atoms with Crippen molar-refractivity contribution in [3.8, 4) is 11.3 Å². The first kappa shape index (κ1) is 15.2. The van der Waals surface area contributed by atoms with Crippen LogP contribution in [0.25, 0.3) is 11.3 Å². The van der Waals surface area contributed by atoms with Gasteiger partial charge in [-0.05, 0) is 24.3 Å². The number of rotatable bonds is 3. The summed E-state index contributed by atoms with van der Waals surface area (Å²) in [5.74, 6) is -0.377. The van der Waals surface area contributed by atoms with Gasteiger partial charge in [-0.25, -0.2) is 4.98 Å². The van der Waals surface area contributed by atoms with E-state index in [4.69, 9.17) is 11.6 Å². The van der Waals surface area contributed by atoms with E-state index in [1.807, 2.05) is 0 Å². The fourth-order valence-electron chi connectivity index (χ4n) is 1.55. The van der Waals surface area contributed by atoms with E-state index in [0.29, 0.717) is 11.3 Å². The van der Waals surface area contributed by atoms with E-state index in [1.165, 1.54) is 6.07 Å². The molecule has 8 heteroatoms. The van der Waals surface area contributed by atoms with Gasteiger partial charge in [-0.3, -0.25) is 9.78 Å². The second-order valence-electron chi connectivity index (χ2n) is 4.02. The Labute approximate surface area is 123 Å². The largest absolute Gasteiger partial charge is 0.433 e. The molecule has 2 aromatic rings. The van der Waals surface area contributed by atoms with Crippen molar-refractivity contribution in [3.05, 3.63) is 42.2 Å². The van der Waals surface area contributed by atoms with Gasteiger partial charge in [-0.15, -0.1) is 11.6 Å². The SMILES string of the molecule is O=C(CCl)Nc1cccc(-c2ccc(C(F)(F)F)nc2)n1. The maximum atomic E-state index is 12.4. The van der Waals surface area contributed by atoms with Crippen LogP contribution in [0.5, 0.6) is 0 Å². The number of amides is 1. The molecule has 0 aliphatic carbocycles. The molecule has 0 aromatic carbocycles. The summed E-state index contributed by atoms with van der Waals surface area (Å²) in [7, 11) is 0. The second-order valence-corrected chi connectivity index (χ2v) is 4.29. The van der Waals surface area contributed by atoms with Gasteiger partial charge >= 0.3 is 6.18 Å². The van der Waals surface area contributed by atoms with Gasteiger partial charge in [0.2, 0.25) is 5.91 Å². The van der Waals surface area contributed by atoms with E-state index in [2.05, 4.69) is 15.3 Å². The van der Waals surface area contributed by atoms with E-state index in [9.17, 15) is 18.0 Å². The van der Waals surface area contributed by atoms with Gasteiger partial charge in [0.25, 0.3) is 0 Å². The van der Waals surface area contributed by atoms with Crippen molar-refractivity contribution in [2.75, 3.05) is 11.2 Å². The Morgan fingerprint density at radius 2 is 2.00 bits per heavy atom. The number of nitrogens with zero attached hydrogens (tertiary/aromatic N) is 2. The number of nitrogens with one attached hydrogen (secondary N) is 1. The highest BCUT2D eigenvalue weighted by Crippen LogP contribution is 2.28. The van der Waals surface area contributed by atoms with Crippen molar-refractivity contribution in [2.24, 2.45) is 0 Å². The van der Waals surface area contributed by atoms with Crippen LogP contribution in [0.3, 0.4) is 0 Å². The highest BCUT2D eigenvalue weighted by molar-refractivity contribution is 6.29. The highest BCUT2D eigenvalue weighted by Gasteiger charge is 2.32. The summed E-state index contributed by atoms with van der Waals surface area (Å²) in [4.78, 5) is 18.6. The minimum Gasteiger partial charge on any atom is -0.310 e. The van der Waals surface area contributed by atoms with E-state index in [1.54, 1.807) is 18.2 Å². The molecule has 1 amide bonds. The molecule has 2 heterocycles. The van der Waals surface area contributed by atoms with E-state index < -0.39 is 17.8 Å². The van der Waals surface area contributed by atoms with Crippen LogP contribution >= 0.6 is 11.6 Å². The third-order valence-corrected chi connectivity index (χ3v) is 2.73. The molecule has 110 valence electrons. The Balaban J connectivity index is 2.26. The van der Waals surface area contributed by atoms with Crippen LogP contribution < -0.4 is 5.32 Å². The number of hydrogen-bond acceptors (Lipinski definition) is 3. The van der Waals surface area contributed by atoms with Gasteiger partial charge in [-0.2, -0.15) is 13.2 Å². The lowest BCUT2D eigenvalue weighted by molar-refractivity contribution is -0.141. The molecular weight excluding hydrogens is 307 g/mol. The summed E-state index contributed by atoms with van der Waals surface area (Å²) in [6.07, 6.45) is -3.40. The summed E-state index contributed by atoms with van der Waals surface area (Å²) in [5, 5.41) is 2.45. The smallest absolute Gasteiger partial charge is 0.310 e. The number of carbonyl (C=O) groups is 1. The van der Waals surface area contributed by atoms with Crippen LogP contribution in [-0.2, 0) is 11.0 Å². The molecule has 0 unspecified atom stereocenters. The van der Waals surface area contributed by atoms with Crippen LogP contribution in [0.15, 0.2) is 36.5 Å². The number of halogens is 4. The Bertz CT molecular complexity index is 644. The van der Waals surface area contributed by atoms with Crippen molar-refractivity contribution < 1.29 is 18.0 Å². The van der Waals surface area contributed by atoms with Gasteiger partial charge in [0.1, 0.15) is 17.4 Å². The average molecular weight is 316 g/mol. The first-order valence-corrected chi connectivity index (χ1v) is 6.30. The van der Waals surface area contributed by atoms with E-state index in [-0.39, 0.29) is 11.7 Å². The molecule has 4 nitrogen and oxygen atoms in total. The van der Waals surface area contributed by atoms with Crippen molar-refractivity contribution in [3.63, 3.8) is 0 Å². The molecule has 0 bridgehead atoms. The third kappa shape index (κ3) is 3.91. The first-order valence-electron chi connectivity index (χ1n) is 5.76.